The first-order valence-corrected chi connectivity index (χ1v) is 10.7. The summed E-state index contributed by atoms with van der Waals surface area (Å²) in [6, 6.07) is 7.91. The van der Waals surface area contributed by atoms with Gasteiger partial charge in [-0.1, -0.05) is 36.9 Å². The van der Waals surface area contributed by atoms with Crippen LogP contribution in [-0.4, -0.2) is 12.0 Å². The van der Waals surface area contributed by atoms with Crippen molar-refractivity contribution in [2.75, 3.05) is 7.11 Å². The van der Waals surface area contributed by atoms with Gasteiger partial charge < -0.3 is 14.4 Å². The van der Waals surface area contributed by atoms with Crippen molar-refractivity contribution < 1.29 is 9.47 Å². The van der Waals surface area contributed by atoms with E-state index in [1.165, 1.54) is 29.6 Å². The summed E-state index contributed by atoms with van der Waals surface area (Å²) in [5.41, 5.74) is 9.19. The predicted molar refractivity (Wildman–Crippen MR) is 129 cm³/mol. The minimum atomic E-state index is 0.493. The Balaban J connectivity index is 1.78. The minimum absolute atomic E-state index is 0.493. The van der Waals surface area contributed by atoms with E-state index in [-0.39, 0.29) is 0 Å². The molecule has 1 aliphatic carbocycles. The molecule has 3 heteroatoms. The van der Waals surface area contributed by atoms with Gasteiger partial charge in [-0.2, -0.15) is 0 Å². The Labute approximate surface area is 187 Å². The highest BCUT2D eigenvalue weighted by Crippen LogP contribution is 2.36. The quantitative estimate of drug-likeness (QED) is 0.414. The zero-order valence-electron chi connectivity index (χ0n) is 19.4. The molecule has 0 unspecified atom stereocenters. The van der Waals surface area contributed by atoms with E-state index in [0.717, 1.165) is 39.7 Å². The van der Waals surface area contributed by atoms with Crippen LogP contribution in [-0.2, 0) is 11.3 Å². The molecular formula is C28H33NO2. The van der Waals surface area contributed by atoms with Gasteiger partial charge in [0, 0.05) is 23.2 Å². The summed E-state index contributed by atoms with van der Waals surface area (Å²) in [5.74, 6) is 1.65. The van der Waals surface area contributed by atoms with Crippen molar-refractivity contribution in [1.29, 1.82) is 0 Å². The predicted octanol–water partition coefficient (Wildman–Crippen LogP) is 7.35. The standard InChI is InChI=1S/C28H33NO2/c1-8-19(2)28(15-20(3)23(6)25-11-12-25)29-21(4)16-27(17-22(29)5)31-18-24-9-13-26(30-7)14-10-24/h8-10,13-17H,3-4,11-12,18H2,1-2,5-7H3/b19-8-,28-15+. The van der Waals surface area contributed by atoms with Gasteiger partial charge in [-0.3, -0.25) is 0 Å². The number of hydrogen-bond donors (Lipinski definition) is 0. The second-order valence-electron chi connectivity index (χ2n) is 8.05. The van der Waals surface area contributed by atoms with E-state index in [2.05, 4.69) is 64.0 Å². The Morgan fingerprint density at radius 1 is 1.13 bits per heavy atom. The van der Waals surface area contributed by atoms with Gasteiger partial charge in [-0.25, -0.2) is 0 Å². The summed E-state index contributed by atoms with van der Waals surface area (Å²) in [7, 11) is 1.67. The molecule has 0 amide bonds. The van der Waals surface area contributed by atoms with E-state index in [1.54, 1.807) is 7.11 Å². The second kappa shape index (κ2) is 9.74. The van der Waals surface area contributed by atoms with E-state index in [0.29, 0.717) is 6.61 Å². The van der Waals surface area contributed by atoms with Crippen LogP contribution in [0.2, 0.25) is 0 Å². The van der Waals surface area contributed by atoms with Crippen LogP contribution in [0.1, 0.15) is 46.1 Å². The normalized spacial score (nSPS) is 16.6. The van der Waals surface area contributed by atoms with Crippen molar-refractivity contribution in [1.82, 2.24) is 4.90 Å². The van der Waals surface area contributed by atoms with Gasteiger partial charge in [0.15, 0.2) is 0 Å². The van der Waals surface area contributed by atoms with Crippen LogP contribution in [0.4, 0.5) is 0 Å². The lowest BCUT2D eigenvalue weighted by Crippen LogP contribution is -2.23. The number of allylic oxidation sites excluding steroid dienone is 9. The Morgan fingerprint density at radius 2 is 1.81 bits per heavy atom. The van der Waals surface area contributed by atoms with Crippen LogP contribution in [0, 0.1) is 0 Å². The molecular weight excluding hydrogens is 382 g/mol. The third kappa shape index (κ3) is 5.49. The van der Waals surface area contributed by atoms with Crippen molar-refractivity contribution in [2.24, 2.45) is 0 Å². The average Bonchev–Trinajstić information content (AvgIpc) is 3.61. The second-order valence-corrected chi connectivity index (χ2v) is 8.05. The Kier molecular flexibility index (Phi) is 7.06. The smallest absolute Gasteiger partial charge is 0.123 e. The molecule has 1 fully saturated rings. The number of nitrogens with zero attached hydrogens (tertiary/aromatic N) is 1. The number of methoxy groups -OCH3 is 1. The van der Waals surface area contributed by atoms with Crippen molar-refractivity contribution >= 4 is 0 Å². The molecule has 3 nitrogen and oxygen atoms in total. The van der Waals surface area contributed by atoms with Gasteiger partial charge in [0.05, 0.1) is 7.11 Å². The summed E-state index contributed by atoms with van der Waals surface area (Å²) in [4.78, 5) is 2.17. The summed E-state index contributed by atoms with van der Waals surface area (Å²) in [6.07, 6.45) is 10.7. The lowest BCUT2D eigenvalue weighted by molar-refractivity contribution is 0.207. The third-order valence-corrected chi connectivity index (χ3v) is 5.77. The highest BCUT2D eigenvalue weighted by Gasteiger charge is 2.22. The van der Waals surface area contributed by atoms with Gasteiger partial charge >= 0.3 is 0 Å². The lowest BCUT2D eigenvalue weighted by Gasteiger charge is -2.32. The lowest BCUT2D eigenvalue weighted by atomic mass is 10.0. The first kappa shape index (κ1) is 22.5. The van der Waals surface area contributed by atoms with Crippen LogP contribution < -0.4 is 4.74 Å². The fourth-order valence-electron chi connectivity index (χ4n) is 3.52. The monoisotopic (exact) mass is 415 g/mol. The topological polar surface area (TPSA) is 21.7 Å². The van der Waals surface area contributed by atoms with Crippen LogP contribution in [0.15, 0.2) is 107 Å². The molecule has 2 aliphatic rings. The molecule has 1 heterocycles. The Hall–Kier alpha value is -3.20. The molecule has 0 spiro atoms. The van der Waals surface area contributed by atoms with Crippen LogP contribution in [0.5, 0.6) is 5.75 Å². The highest BCUT2D eigenvalue weighted by atomic mass is 16.5. The molecule has 3 rings (SSSR count). The molecule has 0 N–H and O–H groups in total. The number of rotatable bonds is 8. The summed E-state index contributed by atoms with van der Waals surface area (Å²) >= 11 is 0. The average molecular weight is 416 g/mol. The number of hydrogen-bond acceptors (Lipinski definition) is 3. The maximum absolute atomic E-state index is 6.05. The summed E-state index contributed by atoms with van der Waals surface area (Å²) < 4.78 is 11.3. The fourth-order valence-corrected chi connectivity index (χ4v) is 3.52. The third-order valence-electron chi connectivity index (χ3n) is 5.77. The summed E-state index contributed by atoms with van der Waals surface area (Å²) in [6.45, 7) is 17.6. The van der Waals surface area contributed by atoms with E-state index in [4.69, 9.17) is 9.47 Å². The molecule has 162 valence electrons. The molecule has 1 aromatic rings. The molecule has 1 aliphatic heterocycles. The van der Waals surface area contributed by atoms with Gasteiger partial charge in [-0.05, 0) is 87.1 Å². The van der Waals surface area contributed by atoms with Crippen LogP contribution in [0.3, 0.4) is 0 Å². The maximum atomic E-state index is 6.05. The Morgan fingerprint density at radius 3 is 2.35 bits per heavy atom. The molecule has 0 bridgehead atoms. The SMILES string of the molecule is C=C(/C=C(\C(C)=C/C)N1C(=C)C=C(OCc2ccc(OC)cc2)C=C1C)C(C)=C1CC1. The zero-order valence-corrected chi connectivity index (χ0v) is 19.4. The first-order chi connectivity index (χ1) is 14.8. The molecule has 0 atom stereocenters. The molecule has 1 aromatic carbocycles. The van der Waals surface area contributed by atoms with Crippen molar-refractivity contribution in [3.8, 4) is 5.75 Å². The van der Waals surface area contributed by atoms with E-state index < -0.39 is 0 Å². The van der Waals surface area contributed by atoms with Gasteiger partial charge in [-0.15, -0.1) is 0 Å². The van der Waals surface area contributed by atoms with Crippen LogP contribution >= 0.6 is 0 Å². The van der Waals surface area contributed by atoms with Crippen molar-refractivity contribution in [3.63, 3.8) is 0 Å². The minimum Gasteiger partial charge on any atom is -0.497 e. The first-order valence-electron chi connectivity index (χ1n) is 10.7. The highest BCUT2D eigenvalue weighted by molar-refractivity contribution is 5.50. The largest absolute Gasteiger partial charge is 0.497 e. The Bertz CT molecular complexity index is 1020. The van der Waals surface area contributed by atoms with E-state index >= 15 is 0 Å². The fraction of sp³-hybridized carbons (Fsp3) is 0.286. The van der Waals surface area contributed by atoms with E-state index in [1.807, 2.05) is 30.3 Å². The molecule has 0 radical (unpaired) electrons. The van der Waals surface area contributed by atoms with Gasteiger partial charge in [0.25, 0.3) is 0 Å². The number of ether oxygens (including phenoxy) is 2. The van der Waals surface area contributed by atoms with Crippen molar-refractivity contribution in [3.05, 3.63) is 112 Å². The molecule has 0 saturated heterocycles. The number of benzene rings is 1. The molecule has 31 heavy (non-hydrogen) atoms. The van der Waals surface area contributed by atoms with Gasteiger partial charge in [0.1, 0.15) is 18.1 Å². The maximum Gasteiger partial charge on any atom is 0.123 e. The molecule has 1 saturated carbocycles. The van der Waals surface area contributed by atoms with E-state index in [9.17, 15) is 0 Å². The summed E-state index contributed by atoms with van der Waals surface area (Å²) in [5, 5.41) is 0. The van der Waals surface area contributed by atoms with Crippen molar-refractivity contribution in [2.45, 2.75) is 47.1 Å². The van der Waals surface area contributed by atoms with Gasteiger partial charge in [0.2, 0.25) is 0 Å². The van der Waals surface area contributed by atoms with Crippen LogP contribution in [0.25, 0.3) is 0 Å². The molecule has 0 aromatic heterocycles. The zero-order chi connectivity index (χ0) is 22.5.